The summed E-state index contributed by atoms with van der Waals surface area (Å²) in [6.45, 7) is 2.33. The second-order valence-electron chi connectivity index (χ2n) is 10.6. The molecule has 1 fully saturated rings. The lowest BCUT2D eigenvalue weighted by molar-refractivity contribution is -0.142. The van der Waals surface area contributed by atoms with Crippen molar-refractivity contribution in [1.82, 2.24) is 14.7 Å². The van der Waals surface area contributed by atoms with Gasteiger partial charge in [-0.05, 0) is 61.7 Å². The minimum atomic E-state index is -0.609. The molecule has 220 valence electrons. The van der Waals surface area contributed by atoms with Crippen molar-refractivity contribution in [3.8, 4) is 28.8 Å². The highest BCUT2D eigenvalue weighted by molar-refractivity contribution is 6.19. The molecule has 1 unspecified atom stereocenters. The second-order valence-corrected chi connectivity index (χ2v) is 10.6. The Hall–Kier alpha value is -5.33. The molecule has 3 aromatic carbocycles. The van der Waals surface area contributed by atoms with E-state index in [0.29, 0.717) is 40.3 Å². The van der Waals surface area contributed by atoms with E-state index in [-0.39, 0.29) is 36.2 Å². The molecule has 3 heterocycles. The molecular weight excluding hydrogens is 559 g/mol. The molecule has 1 saturated heterocycles. The molecule has 9 heteroatoms. The van der Waals surface area contributed by atoms with Gasteiger partial charge in [0, 0.05) is 35.1 Å². The Bertz CT molecular complexity index is 1830. The highest BCUT2D eigenvalue weighted by atomic mass is 19.1. The van der Waals surface area contributed by atoms with Gasteiger partial charge < -0.3 is 9.47 Å². The van der Waals surface area contributed by atoms with E-state index in [1.165, 1.54) is 6.07 Å². The summed E-state index contributed by atoms with van der Waals surface area (Å²) < 4.78 is 27.5. The molecule has 1 aromatic heterocycles. The van der Waals surface area contributed by atoms with Crippen LogP contribution in [0.4, 0.5) is 4.39 Å². The third-order valence-corrected chi connectivity index (χ3v) is 7.76. The molecule has 0 N–H and O–H groups in total. The van der Waals surface area contributed by atoms with Gasteiger partial charge in [0.05, 0.1) is 18.3 Å². The molecule has 44 heavy (non-hydrogen) atoms. The van der Waals surface area contributed by atoms with Gasteiger partial charge in [0.1, 0.15) is 35.5 Å². The van der Waals surface area contributed by atoms with Crippen LogP contribution in [0.2, 0.25) is 0 Å². The van der Waals surface area contributed by atoms with Gasteiger partial charge in [0.2, 0.25) is 0 Å². The van der Waals surface area contributed by atoms with Crippen molar-refractivity contribution >= 4 is 17.9 Å². The van der Waals surface area contributed by atoms with E-state index in [2.05, 4.69) is 0 Å². The minimum absolute atomic E-state index is 0.0511. The molecular formula is C35H29FN4O4. The fraction of sp³-hybridized carbons (Fsp3) is 0.200. The zero-order valence-corrected chi connectivity index (χ0v) is 24.1. The smallest absolute Gasteiger partial charge is 0.271 e. The average molecular weight is 589 g/mol. The Morgan fingerprint density at radius 2 is 1.86 bits per heavy atom. The van der Waals surface area contributed by atoms with Crippen LogP contribution >= 0.6 is 0 Å². The SMILES string of the molecule is CC1=C(C#N)C(=O)N(CC2CCCO2)C(=O)/C1=C/c1cn(-c2ccccc2)nc1-c1cccc(OCc2ccccc2F)c1. The summed E-state index contributed by atoms with van der Waals surface area (Å²) in [5, 5.41) is 14.7. The number of carbonyl (C=O) groups excluding carboxylic acids is 2. The van der Waals surface area contributed by atoms with Crippen molar-refractivity contribution in [1.29, 1.82) is 5.26 Å². The standard InChI is InChI=1S/C35H29FN4O4/c1-23-30(34(41)39(35(42)31(23)19-37)21-29-14-8-16-43-29)18-26-20-40(27-11-3-2-4-12-27)38-33(26)24-10-7-13-28(17-24)44-22-25-9-5-6-15-32(25)36/h2-7,9-13,15,17-18,20,29H,8,14,16,21-22H2,1H3/b30-18+. The maximum Gasteiger partial charge on any atom is 0.271 e. The summed E-state index contributed by atoms with van der Waals surface area (Å²) in [5.74, 6) is -0.919. The van der Waals surface area contributed by atoms with Gasteiger partial charge in [-0.1, -0.05) is 48.5 Å². The van der Waals surface area contributed by atoms with E-state index in [4.69, 9.17) is 14.6 Å². The Morgan fingerprint density at radius 1 is 1.07 bits per heavy atom. The van der Waals surface area contributed by atoms with Crippen LogP contribution in [0.3, 0.4) is 0 Å². The number of benzene rings is 3. The van der Waals surface area contributed by atoms with Gasteiger partial charge in [0.25, 0.3) is 11.8 Å². The average Bonchev–Trinajstić information content (AvgIpc) is 3.72. The molecule has 4 aromatic rings. The number of nitriles is 1. The number of ether oxygens (including phenoxy) is 2. The first-order valence-electron chi connectivity index (χ1n) is 14.4. The number of nitrogens with zero attached hydrogens (tertiary/aromatic N) is 4. The Morgan fingerprint density at radius 3 is 2.61 bits per heavy atom. The van der Waals surface area contributed by atoms with Crippen LogP contribution < -0.4 is 4.74 Å². The fourth-order valence-corrected chi connectivity index (χ4v) is 5.38. The largest absolute Gasteiger partial charge is 0.489 e. The van der Waals surface area contributed by atoms with Crippen molar-refractivity contribution in [2.75, 3.05) is 13.2 Å². The van der Waals surface area contributed by atoms with E-state index in [1.807, 2.05) is 48.5 Å². The van der Waals surface area contributed by atoms with Gasteiger partial charge in [-0.15, -0.1) is 0 Å². The predicted molar refractivity (Wildman–Crippen MR) is 162 cm³/mol. The van der Waals surface area contributed by atoms with E-state index >= 15 is 0 Å². The van der Waals surface area contributed by atoms with Crippen molar-refractivity contribution in [3.63, 3.8) is 0 Å². The van der Waals surface area contributed by atoms with Crippen LogP contribution in [0, 0.1) is 17.1 Å². The fourth-order valence-electron chi connectivity index (χ4n) is 5.38. The molecule has 2 aliphatic heterocycles. The number of para-hydroxylation sites is 1. The summed E-state index contributed by atoms with van der Waals surface area (Å²) in [5.41, 5.74) is 3.58. The molecule has 8 nitrogen and oxygen atoms in total. The minimum Gasteiger partial charge on any atom is -0.489 e. The topological polar surface area (TPSA) is 97.5 Å². The van der Waals surface area contributed by atoms with Crippen LogP contribution in [-0.4, -0.2) is 45.8 Å². The molecule has 0 saturated carbocycles. The number of carbonyl (C=O) groups is 2. The molecule has 2 aliphatic rings. The first-order chi connectivity index (χ1) is 21.4. The highest BCUT2D eigenvalue weighted by Crippen LogP contribution is 2.33. The van der Waals surface area contributed by atoms with Crippen LogP contribution in [0.15, 0.2) is 102 Å². The van der Waals surface area contributed by atoms with Crippen LogP contribution in [0.1, 0.15) is 30.9 Å². The molecule has 6 rings (SSSR count). The zero-order chi connectivity index (χ0) is 30.6. The number of hydrogen-bond acceptors (Lipinski definition) is 6. The predicted octanol–water partition coefficient (Wildman–Crippen LogP) is 6.03. The van der Waals surface area contributed by atoms with E-state index in [9.17, 15) is 19.2 Å². The van der Waals surface area contributed by atoms with Crippen molar-refractivity contribution in [3.05, 3.63) is 119 Å². The van der Waals surface area contributed by atoms with Crippen LogP contribution in [0.5, 0.6) is 5.75 Å². The number of halogens is 1. The van der Waals surface area contributed by atoms with Crippen molar-refractivity contribution < 1.29 is 23.5 Å². The number of imide groups is 1. The first-order valence-corrected chi connectivity index (χ1v) is 14.4. The number of rotatable bonds is 8. The van der Waals surface area contributed by atoms with Gasteiger partial charge in [-0.2, -0.15) is 10.4 Å². The Balaban J connectivity index is 1.41. The number of hydrogen-bond donors (Lipinski definition) is 0. The summed E-state index contributed by atoms with van der Waals surface area (Å²) >= 11 is 0. The summed E-state index contributed by atoms with van der Waals surface area (Å²) in [6.07, 6.45) is 4.82. The lowest BCUT2D eigenvalue weighted by Gasteiger charge is -2.29. The molecule has 0 bridgehead atoms. The van der Waals surface area contributed by atoms with Crippen molar-refractivity contribution in [2.45, 2.75) is 32.5 Å². The van der Waals surface area contributed by atoms with E-state index in [0.717, 1.165) is 23.4 Å². The van der Waals surface area contributed by atoms with Gasteiger partial charge in [-0.25, -0.2) is 9.07 Å². The maximum absolute atomic E-state index is 14.2. The van der Waals surface area contributed by atoms with Gasteiger partial charge in [-0.3, -0.25) is 14.5 Å². The lowest BCUT2D eigenvalue weighted by atomic mass is 9.93. The molecule has 2 amide bonds. The van der Waals surface area contributed by atoms with Gasteiger partial charge >= 0.3 is 0 Å². The summed E-state index contributed by atoms with van der Waals surface area (Å²) in [6, 6.07) is 25.2. The molecule has 0 spiro atoms. The van der Waals surface area contributed by atoms with E-state index < -0.39 is 11.8 Å². The second kappa shape index (κ2) is 12.5. The Kier molecular flexibility index (Phi) is 8.17. The van der Waals surface area contributed by atoms with Gasteiger partial charge in [0.15, 0.2) is 0 Å². The number of amides is 2. The normalized spacial score (nSPS) is 17.8. The Labute approximate surface area is 254 Å². The quantitative estimate of drug-likeness (QED) is 0.184. The van der Waals surface area contributed by atoms with Crippen molar-refractivity contribution in [2.24, 2.45) is 0 Å². The first kappa shape index (κ1) is 28.8. The molecule has 1 atom stereocenters. The van der Waals surface area contributed by atoms with Crippen LogP contribution in [0.25, 0.3) is 23.0 Å². The highest BCUT2D eigenvalue weighted by Gasteiger charge is 2.37. The lowest BCUT2D eigenvalue weighted by Crippen LogP contribution is -2.46. The summed E-state index contributed by atoms with van der Waals surface area (Å²) in [4.78, 5) is 28.1. The van der Waals surface area contributed by atoms with E-state index in [1.54, 1.807) is 54.2 Å². The maximum atomic E-state index is 14.2. The molecule has 0 radical (unpaired) electrons. The monoisotopic (exact) mass is 588 g/mol. The molecule has 0 aliphatic carbocycles. The third kappa shape index (κ3) is 5.80. The zero-order valence-electron chi connectivity index (χ0n) is 24.1. The van der Waals surface area contributed by atoms with Crippen LogP contribution in [-0.2, 0) is 20.9 Å². The summed E-state index contributed by atoms with van der Waals surface area (Å²) in [7, 11) is 0. The third-order valence-electron chi connectivity index (χ3n) is 7.76. The number of aromatic nitrogens is 2.